The van der Waals surface area contributed by atoms with Gasteiger partial charge in [-0.3, -0.25) is 0 Å². The zero-order valence-corrected chi connectivity index (χ0v) is 10.2. The Hall–Kier alpha value is -1.81. The Labute approximate surface area is 109 Å². The van der Waals surface area contributed by atoms with Crippen molar-refractivity contribution in [3.8, 4) is 0 Å². The summed E-state index contributed by atoms with van der Waals surface area (Å²) in [5.41, 5.74) is 6.75. The van der Waals surface area contributed by atoms with E-state index in [9.17, 15) is 13.2 Å². The van der Waals surface area contributed by atoms with Crippen LogP contribution in [0.5, 0.6) is 0 Å². The van der Waals surface area contributed by atoms with Crippen molar-refractivity contribution in [1.82, 2.24) is 0 Å². The van der Waals surface area contributed by atoms with Crippen molar-refractivity contribution < 1.29 is 13.2 Å². The summed E-state index contributed by atoms with van der Waals surface area (Å²) < 4.78 is 39.7. The molecule has 0 saturated carbocycles. The summed E-state index contributed by atoms with van der Waals surface area (Å²) in [5, 5.41) is 0. The van der Waals surface area contributed by atoms with Crippen LogP contribution < -0.4 is 5.73 Å². The van der Waals surface area contributed by atoms with Gasteiger partial charge in [-0.1, -0.05) is 24.3 Å². The largest absolute Gasteiger partial charge is 0.330 e. The highest BCUT2D eigenvalue weighted by Gasteiger charge is 2.15. The van der Waals surface area contributed by atoms with Gasteiger partial charge in [-0.2, -0.15) is 0 Å². The second-order valence-electron chi connectivity index (χ2n) is 4.41. The van der Waals surface area contributed by atoms with E-state index >= 15 is 0 Å². The molecule has 0 aliphatic heterocycles. The van der Waals surface area contributed by atoms with Crippen molar-refractivity contribution in [2.24, 2.45) is 5.73 Å². The minimum atomic E-state index is -0.901. The molecule has 2 aromatic rings. The summed E-state index contributed by atoms with van der Waals surface area (Å²) in [6.07, 6.45) is 0.370. The van der Waals surface area contributed by atoms with Gasteiger partial charge in [0.25, 0.3) is 0 Å². The molecule has 4 heteroatoms. The number of halogens is 3. The molecule has 2 aromatic carbocycles. The Balaban J connectivity index is 2.24. The predicted octanol–water partition coefficient (Wildman–Crippen LogP) is 3.39. The average molecular weight is 265 g/mol. The van der Waals surface area contributed by atoms with Crippen LogP contribution in [0.25, 0.3) is 0 Å². The molecule has 0 aromatic heterocycles. The van der Waals surface area contributed by atoms with Gasteiger partial charge in [-0.15, -0.1) is 0 Å². The first-order valence-electron chi connectivity index (χ1n) is 6.00. The van der Waals surface area contributed by atoms with Crippen LogP contribution in [0.2, 0.25) is 0 Å². The zero-order chi connectivity index (χ0) is 13.8. The normalized spacial score (nSPS) is 12.4. The van der Waals surface area contributed by atoms with Gasteiger partial charge in [0.15, 0.2) is 11.6 Å². The van der Waals surface area contributed by atoms with Crippen molar-refractivity contribution in [2.45, 2.75) is 12.3 Å². The maximum atomic E-state index is 13.7. The molecule has 0 bridgehead atoms. The van der Waals surface area contributed by atoms with Gasteiger partial charge in [0.2, 0.25) is 0 Å². The van der Waals surface area contributed by atoms with Gasteiger partial charge in [-0.25, -0.2) is 13.2 Å². The summed E-state index contributed by atoms with van der Waals surface area (Å²) in [5.74, 6) is -2.38. The Kier molecular flexibility index (Phi) is 4.22. The maximum Gasteiger partial charge on any atom is 0.159 e. The smallest absolute Gasteiger partial charge is 0.159 e. The van der Waals surface area contributed by atoms with Crippen molar-refractivity contribution in [1.29, 1.82) is 0 Å². The molecule has 0 aliphatic rings. The SMILES string of the molecule is NCC(Cc1ccc(F)c(F)c1)c1ccccc1F. The number of nitrogens with two attached hydrogens (primary N) is 1. The van der Waals surface area contributed by atoms with E-state index in [2.05, 4.69) is 0 Å². The molecule has 0 saturated heterocycles. The van der Waals surface area contributed by atoms with E-state index in [0.29, 0.717) is 17.5 Å². The van der Waals surface area contributed by atoms with E-state index in [4.69, 9.17) is 5.73 Å². The van der Waals surface area contributed by atoms with Gasteiger partial charge in [-0.05, 0) is 42.3 Å². The minimum absolute atomic E-state index is 0.236. The van der Waals surface area contributed by atoms with Crippen LogP contribution in [0, 0.1) is 17.5 Å². The van der Waals surface area contributed by atoms with E-state index in [1.54, 1.807) is 18.2 Å². The third-order valence-corrected chi connectivity index (χ3v) is 3.10. The van der Waals surface area contributed by atoms with Crippen LogP contribution in [0.3, 0.4) is 0 Å². The molecule has 2 rings (SSSR count). The molecule has 1 nitrogen and oxygen atoms in total. The second kappa shape index (κ2) is 5.89. The van der Waals surface area contributed by atoms with E-state index in [0.717, 1.165) is 12.1 Å². The molecule has 19 heavy (non-hydrogen) atoms. The average Bonchev–Trinajstić information content (AvgIpc) is 2.41. The topological polar surface area (TPSA) is 26.0 Å². The Morgan fingerprint density at radius 2 is 1.63 bits per heavy atom. The lowest BCUT2D eigenvalue weighted by Crippen LogP contribution is -2.16. The first-order valence-corrected chi connectivity index (χ1v) is 6.00. The van der Waals surface area contributed by atoms with Gasteiger partial charge in [0.1, 0.15) is 5.82 Å². The highest BCUT2D eigenvalue weighted by atomic mass is 19.2. The summed E-state index contributed by atoms with van der Waals surface area (Å²) in [6, 6.07) is 10.0. The number of benzene rings is 2. The lowest BCUT2D eigenvalue weighted by Gasteiger charge is -2.16. The Bertz CT molecular complexity index is 569. The van der Waals surface area contributed by atoms with Crippen LogP contribution in [0.4, 0.5) is 13.2 Å². The maximum absolute atomic E-state index is 13.7. The summed E-state index contributed by atoms with van der Waals surface area (Å²) in [7, 11) is 0. The number of rotatable bonds is 4. The van der Waals surface area contributed by atoms with Crippen molar-refractivity contribution in [2.75, 3.05) is 6.54 Å². The summed E-state index contributed by atoms with van der Waals surface area (Å²) >= 11 is 0. The van der Waals surface area contributed by atoms with E-state index in [-0.39, 0.29) is 18.3 Å². The molecular weight excluding hydrogens is 251 g/mol. The molecule has 2 N–H and O–H groups in total. The number of hydrogen-bond acceptors (Lipinski definition) is 1. The molecule has 0 amide bonds. The van der Waals surface area contributed by atoms with Crippen LogP contribution in [0.1, 0.15) is 17.0 Å². The third-order valence-electron chi connectivity index (χ3n) is 3.10. The summed E-state index contributed by atoms with van der Waals surface area (Å²) in [6.45, 7) is 0.236. The molecule has 1 atom stereocenters. The molecular formula is C15H14F3N. The van der Waals surface area contributed by atoms with Crippen molar-refractivity contribution >= 4 is 0 Å². The molecule has 0 fully saturated rings. The molecule has 0 radical (unpaired) electrons. The molecule has 1 unspecified atom stereocenters. The minimum Gasteiger partial charge on any atom is -0.330 e. The van der Waals surface area contributed by atoms with Crippen LogP contribution in [0.15, 0.2) is 42.5 Å². The standard InChI is InChI=1S/C15H14F3N/c16-13-4-2-1-3-12(13)11(9-19)7-10-5-6-14(17)15(18)8-10/h1-6,8,11H,7,9,19H2. The molecule has 0 spiro atoms. The second-order valence-corrected chi connectivity index (χ2v) is 4.41. The Morgan fingerprint density at radius 1 is 0.895 bits per heavy atom. The fourth-order valence-corrected chi connectivity index (χ4v) is 2.08. The summed E-state index contributed by atoms with van der Waals surface area (Å²) in [4.78, 5) is 0. The molecule has 100 valence electrons. The lowest BCUT2D eigenvalue weighted by atomic mass is 9.91. The molecule has 0 aliphatic carbocycles. The fraction of sp³-hybridized carbons (Fsp3) is 0.200. The highest BCUT2D eigenvalue weighted by molar-refractivity contribution is 5.26. The van der Waals surface area contributed by atoms with E-state index < -0.39 is 11.6 Å². The van der Waals surface area contributed by atoms with Crippen molar-refractivity contribution in [3.05, 3.63) is 71.0 Å². The fourth-order valence-electron chi connectivity index (χ4n) is 2.08. The molecule has 0 heterocycles. The van der Waals surface area contributed by atoms with Gasteiger partial charge >= 0.3 is 0 Å². The van der Waals surface area contributed by atoms with Crippen LogP contribution >= 0.6 is 0 Å². The van der Waals surface area contributed by atoms with E-state index in [1.165, 1.54) is 12.1 Å². The van der Waals surface area contributed by atoms with Crippen LogP contribution in [-0.2, 0) is 6.42 Å². The lowest BCUT2D eigenvalue weighted by molar-refractivity contribution is 0.505. The first-order chi connectivity index (χ1) is 9.11. The highest BCUT2D eigenvalue weighted by Crippen LogP contribution is 2.23. The van der Waals surface area contributed by atoms with Crippen LogP contribution in [-0.4, -0.2) is 6.54 Å². The van der Waals surface area contributed by atoms with E-state index in [1.807, 2.05) is 0 Å². The van der Waals surface area contributed by atoms with Gasteiger partial charge in [0.05, 0.1) is 0 Å². The number of hydrogen-bond donors (Lipinski definition) is 1. The zero-order valence-electron chi connectivity index (χ0n) is 10.2. The third kappa shape index (κ3) is 3.15. The Morgan fingerprint density at radius 3 is 2.26 bits per heavy atom. The van der Waals surface area contributed by atoms with Gasteiger partial charge in [0, 0.05) is 5.92 Å². The quantitative estimate of drug-likeness (QED) is 0.901. The monoisotopic (exact) mass is 265 g/mol. The van der Waals surface area contributed by atoms with Gasteiger partial charge < -0.3 is 5.73 Å². The first kappa shape index (κ1) is 13.6. The van der Waals surface area contributed by atoms with Crippen molar-refractivity contribution in [3.63, 3.8) is 0 Å². The predicted molar refractivity (Wildman–Crippen MR) is 68.3 cm³/mol.